The largest absolute Gasteiger partial charge is 0.357 e. The number of likely N-dealkylation sites (N-methyl/N-ethyl adjacent to an activating group) is 1. The molecule has 0 saturated carbocycles. The Bertz CT molecular complexity index is 534. The summed E-state index contributed by atoms with van der Waals surface area (Å²) in [4.78, 5) is 28.4. The Labute approximate surface area is 116 Å². The Morgan fingerprint density at radius 3 is 2.95 bits per heavy atom. The fourth-order valence-electron chi connectivity index (χ4n) is 2.27. The number of rotatable bonds is 3. The normalized spacial score (nSPS) is 18.7. The van der Waals surface area contributed by atoms with Crippen molar-refractivity contribution in [3.8, 4) is 0 Å². The molecule has 2 heterocycles. The molecule has 8 heteroatoms. The van der Waals surface area contributed by atoms with Gasteiger partial charge in [-0.2, -0.15) is 0 Å². The number of carbonyl (C=O) groups excluding carboxylic acids is 1. The lowest BCUT2D eigenvalue weighted by Crippen LogP contribution is -2.57. The van der Waals surface area contributed by atoms with E-state index in [0.29, 0.717) is 24.6 Å². The van der Waals surface area contributed by atoms with Crippen molar-refractivity contribution in [2.45, 2.75) is 13.0 Å². The first-order valence-electron chi connectivity index (χ1n) is 6.35. The number of carbonyl (C=O) groups is 1. The molecule has 2 N–H and O–H groups in total. The molecule has 1 aromatic heterocycles. The molecule has 0 spiro atoms. The summed E-state index contributed by atoms with van der Waals surface area (Å²) in [5, 5.41) is 16.6. The first kappa shape index (κ1) is 14.2. The van der Waals surface area contributed by atoms with Crippen molar-refractivity contribution in [1.29, 1.82) is 0 Å². The summed E-state index contributed by atoms with van der Waals surface area (Å²) >= 11 is 0. The number of nitrogens with one attached hydrogen (secondary N) is 2. The molecule has 1 aromatic rings. The smallest absolute Gasteiger partial charge is 0.290 e. The lowest BCUT2D eigenvalue weighted by molar-refractivity contribution is -0.385. The van der Waals surface area contributed by atoms with Crippen LogP contribution < -0.4 is 15.5 Å². The monoisotopic (exact) mass is 279 g/mol. The van der Waals surface area contributed by atoms with Crippen LogP contribution in [0.4, 0.5) is 11.5 Å². The first-order chi connectivity index (χ1) is 9.54. The molecule has 1 unspecified atom stereocenters. The quantitative estimate of drug-likeness (QED) is 0.588. The lowest BCUT2D eigenvalue weighted by atomic mass is 10.1. The minimum Gasteiger partial charge on any atom is -0.357 e. The molecule has 0 aromatic carbocycles. The summed E-state index contributed by atoms with van der Waals surface area (Å²) in [5.74, 6) is 0.484. The highest BCUT2D eigenvalue weighted by Gasteiger charge is 2.29. The van der Waals surface area contributed by atoms with E-state index in [4.69, 9.17) is 0 Å². The van der Waals surface area contributed by atoms with Crippen LogP contribution in [0, 0.1) is 17.0 Å². The van der Waals surface area contributed by atoms with Gasteiger partial charge in [0.15, 0.2) is 0 Å². The third-order valence-electron chi connectivity index (χ3n) is 3.33. The molecule has 1 fully saturated rings. The van der Waals surface area contributed by atoms with Gasteiger partial charge >= 0.3 is 0 Å². The maximum absolute atomic E-state index is 11.9. The average Bonchev–Trinajstić information content (AvgIpc) is 2.46. The van der Waals surface area contributed by atoms with Crippen LogP contribution in [0.1, 0.15) is 5.69 Å². The SMILES string of the molecule is CNC(=O)C1CNCCN1c1ccc([N+](=O)[O-])c(C)n1. The summed E-state index contributed by atoms with van der Waals surface area (Å²) in [7, 11) is 1.59. The van der Waals surface area contributed by atoms with Gasteiger partial charge < -0.3 is 15.5 Å². The summed E-state index contributed by atoms with van der Waals surface area (Å²) in [6.07, 6.45) is 0. The highest BCUT2D eigenvalue weighted by Crippen LogP contribution is 2.22. The van der Waals surface area contributed by atoms with Gasteiger partial charge in [-0.15, -0.1) is 0 Å². The van der Waals surface area contributed by atoms with E-state index in [2.05, 4.69) is 15.6 Å². The molecule has 0 aliphatic carbocycles. The number of hydrogen-bond acceptors (Lipinski definition) is 6. The van der Waals surface area contributed by atoms with Gasteiger partial charge in [0.25, 0.3) is 5.69 Å². The second-order valence-electron chi connectivity index (χ2n) is 4.56. The zero-order valence-corrected chi connectivity index (χ0v) is 11.4. The second kappa shape index (κ2) is 5.83. The second-order valence-corrected chi connectivity index (χ2v) is 4.56. The summed E-state index contributed by atoms with van der Waals surface area (Å²) in [6, 6.07) is 2.66. The summed E-state index contributed by atoms with van der Waals surface area (Å²) in [6.45, 7) is 3.49. The Kier molecular flexibility index (Phi) is 4.14. The van der Waals surface area contributed by atoms with Gasteiger partial charge in [0.2, 0.25) is 5.91 Å². The van der Waals surface area contributed by atoms with E-state index >= 15 is 0 Å². The highest BCUT2D eigenvalue weighted by molar-refractivity contribution is 5.85. The van der Waals surface area contributed by atoms with Crippen LogP contribution in [-0.4, -0.2) is 48.5 Å². The highest BCUT2D eigenvalue weighted by atomic mass is 16.6. The maximum Gasteiger partial charge on any atom is 0.290 e. The van der Waals surface area contributed by atoms with Gasteiger partial charge in [-0.3, -0.25) is 14.9 Å². The number of anilines is 1. The topological polar surface area (TPSA) is 100 Å². The van der Waals surface area contributed by atoms with Gasteiger partial charge in [-0.1, -0.05) is 0 Å². The first-order valence-corrected chi connectivity index (χ1v) is 6.35. The van der Waals surface area contributed by atoms with Crippen molar-refractivity contribution in [1.82, 2.24) is 15.6 Å². The molecule has 1 saturated heterocycles. The van der Waals surface area contributed by atoms with Crippen LogP contribution in [0.25, 0.3) is 0 Å². The van der Waals surface area contributed by atoms with Crippen molar-refractivity contribution in [2.24, 2.45) is 0 Å². The van der Waals surface area contributed by atoms with E-state index in [1.54, 1.807) is 20.0 Å². The molecule has 0 radical (unpaired) electrons. The Balaban J connectivity index is 2.31. The number of piperazine rings is 1. The van der Waals surface area contributed by atoms with Gasteiger partial charge in [0, 0.05) is 32.7 Å². The van der Waals surface area contributed by atoms with E-state index in [1.165, 1.54) is 6.07 Å². The lowest BCUT2D eigenvalue weighted by Gasteiger charge is -2.35. The van der Waals surface area contributed by atoms with Gasteiger partial charge in [0.05, 0.1) is 4.92 Å². The molecule has 1 atom stereocenters. The molecule has 1 amide bonds. The molecule has 1 aliphatic rings. The Morgan fingerprint density at radius 2 is 2.35 bits per heavy atom. The molecule has 108 valence electrons. The van der Waals surface area contributed by atoms with Crippen LogP contribution in [-0.2, 0) is 4.79 Å². The molecular formula is C12H17N5O3. The Hall–Kier alpha value is -2.22. The standard InChI is InChI=1S/C12H17N5O3/c1-8-9(17(19)20)3-4-11(15-8)16-6-5-14-7-10(16)12(18)13-2/h3-4,10,14H,5-7H2,1-2H3,(H,13,18). The van der Waals surface area contributed by atoms with Crippen molar-refractivity contribution >= 4 is 17.4 Å². The van der Waals surface area contributed by atoms with Crippen LogP contribution in [0.3, 0.4) is 0 Å². The third-order valence-corrected chi connectivity index (χ3v) is 3.33. The Morgan fingerprint density at radius 1 is 1.60 bits per heavy atom. The fraction of sp³-hybridized carbons (Fsp3) is 0.500. The summed E-state index contributed by atoms with van der Waals surface area (Å²) in [5.41, 5.74) is 0.335. The van der Waals surface area contributed by atoms with Gasteiger partial charge in [-0.05, 0) is 13.0 Å². The van der Waals surface area contributed by atoms with Crippen LogP contribution >= 0.6 is 0 Å². The maximum atomic E-state index is 11.9. The molecule has 20 heavy (non-hydrogen) atoms. The third kappa shape index (κ3) is 2.69. The number of nitrogens with zero attached hydrogens (tertiary/aromatic N) is 3. The predicted octanol–water partition coefficient (Wildman–Crippen LogP) is -0.178. The van der Waals surface area contributed by atoms with Crippen molar-refractivity contribution in [3.63, 3.8) is 0 Å². The molecule has 8 nitrogen and oxygen atoms in total. The minimum absolute atomic E-state index is 0.0135. The molecule has 2 rings (SSSR count). The van der Waals surface area contributed by atoms with Crippen LogP contribution in [0.15, 0.2) is 12.1 Å². The van der Waals surface area contributed by atoms with Gasteiger partial charge in [0.1, 0.15) is 17.6 Å². The average molecular weight is 279 g/mol. The van der Waals surface area contributed by atoms with E-state index in [0.717, 1.165) is 6.54 Å². The van der Waals surface area contributed by atoms with E-state index < -0.39 is 4.92 Å². The zero-order valence-electron chi connectivity index (χ0n) is 11.4. The van der Waals surface area contributed by atoms with Crippen LogP contribution in [0.2, 0.25) is 0 Å². The van der Waals surface area contributed by atoms with E-state index in [-0.39, 0.29) is 17.6 Å². The number of amides is 1. The van der Waals surface area contributed by atoms with E-state index in [1.807, 2.05) is 4.90 Å². The minimum atomic E-state index is -0.458. The number of aromatic nitrogens is 1. The van der Waals surface area contributed by atoms with Crippen molar-refractivity contribution in [2.75, 3.05) is 31.6 Å². The number of nitro groups is 1. The van der Waals surface area contributed by atoms with Gasteiger partial charge in [-0.25, -0.2) is 4.98 Å². The fourth-order valence-corrected chi connectivity index (χ4v) is 2.27. The van der Waals surface area contributed by atoms with E-state index in [9.17, 15) is 14.9 Å². The zero-order chi connectivity index (χ0) is 14.7. The molecule has 1 aliphatic heterocycles. The summed E-state index contributed by atoms with van der Waals surface area (Å²) < 4.78 is 0. The number of hydrogen-bond donors (Lipinski definition) is 2. The van der Waals surface area contributed by atoms with Crippen molar-refractivity contribution in [3.05, 3.63) is 27.9 Å². The predicted molar refractivity (Wildman–Crippen MR) is 73.7 cm³/mol. The number of aryl methyl sites for hydroxylation is 1. The van der Waals surface area contributed by atoms with Crippen molar-refractivity contribution < 1.29 is 9.72 Å². The van der Waals surface area contributed by atoms with Crippen LogP contribution in [0.5, 0.6) is 0 Å². The molecular weight excluding hydrogens is 262 g/mol. The number of pyridine rings is 1. The molecule has 0 bridgehead atoms.